The van der Waals surface area contributed by atoms with Crippen molar-refractivity contribution in [3.05, 3.63) is 0 Å². The van der Waals surface area contributed by atoms with Crippen LogP contribution in [0.4, 0.5) is 0 Å². The molecule has 0 aliphatic heterocycles. The Hall–Kier alpha value is 0.550. The van der Waals surface area contributed by atoms with Crippen LogP contribution < -0.4 is 0 Å². The normalized spacial score (nSPS) is 17.9. The monoisotopic (exact) mass is 202 g/mol. The zero-order valence-electron chi connectivity index (χ0n) is 4.33. The van der Waals surface area contributed by atoms with Gasteiger partial charge in [-0.2, -0.15) is 4.21 Å². The Kier molecular flexibility index (Phi) is 4.74. The van der Waals surface area contributed by atoms with Crippen molar-refractivity contribution < 1.29 is 12.9 Å². The second-order valence-electron chi connectivity index (χ2n) is 1.13. The molecule has 2 unspecified atom stereocenters. The van der Waals surface area contributed by atoms with Crippen LogP contribution >= 0.6 is 15.9 Å². The highest BCUT2D eigenvalue weighted by Gasteiger charge is 2.02. The van der Waals surface area contributed by atoms with E-state index in [0.717, 1.165) is 0 Å². The van der Waals surface area contributed by atoms with E-state index in [1.54, 1.807) is 0 Å². The Labute approximate surface area is 59.0 Å². The standard InChI is InChI=1S/C3H7BrO3S/c1-2-3(4)7-8(5)6/h3H,2H2,1H3,(H,5,6). The molecule has 0 bridgehead atoms. The first-order valence-electron chi connectivity index (χ1n) is 2.09. The van der Waals surface area contributed by atoms with Crippen molar-refractivity contribution in [2.45, 2.75) is 18.4 Å². The van der Waals surface area contributed by atoms with Gasteiger partial charge in [0.15, 0.2) is 0 Å². The van der Waals surface area contributed by atoms with Crippen molar-refractivity contribution >= 4 is 27.3 Å². The molecule has 0 aliphatic rings. The van der Waals surface area contributed by atoms with Crippen molar-refractivity contribution in [3.63, 3.8) is 0 Å². The van der Waals surface area contributed by atoms with Crippen LogP contribution in [0.2, 0.25) is 0 Å². The van der Waals surface area contributed by atoms with Gasteiger partial charge < -0.3 is 0 Å². The smallest absolute Gasteiger partial charge is 0.284 e. The molecule has 1 N–H and O–H groups in total. The maximum atomic E-state index is 9.83. The van der Waals surface area contributed by atoms with Gasteiger partial charge in [-0.25, -0.2) is 0 Å². The lowest BCUT2D eigenvalue weighted by Gasteiger charge is -2.00. The SMILES string of the molecule is CCC(Br)OS(=O)O. The van der Waals surface area contributed by atoms with Gasteiger partial charge in [-0.05, 0) is 6.42 Å². The minimum atomic E-state index is -2.14. The third kappa shape index (κ3) is 4.70. The summed E-state index contributed by atoms with van der Waals surface area (Å²) < 4.78 is 22.2. The largest absolute Gasteiger partial charge is 0.303 e. The van der Waals surface area contributed by atoms with Crippen LogP contribution in [-0.2, 0) is 15.5 Å². The minimum Gasteiger partial charge on any atom is -0.284 e. The molecule has 0 aromatic carbocycles. The fourth-order valence-corrected chi connectivity index (χ4v) is 0.864. The Morgan fingerprint density at radius 2 is 2.50 bits per heavy atom. The summed E-state index contributed by atoms with van der Waals surface area (Å²) in [6.07, 6.45) is 0.673. The first-order valence-corrected chi connectivity index (χ1v) is 4.03. The van der Waals surface area contributed by atoms with E-state index in [1.165, 1.54) is 0 Å². The van der Waals surface area contributed by atoms with Crippen LogP contribution in [0.1, 0.15) is 13.3 Å². The Morgan fingerprint density at radius 3 is 2.62 bits per heavy atom. The molecule has 0 aromatic heterocycles. The average Bonchev–Trinajstić information content (AvgIpc) is 1.65. The molecule has 0 spiro atoms. The summed E-state index contributed by atoms with van der Waals surface area (Å²) in [5.41, 5.74) is 0. The number of halogens is 1. The highest BCUT2D eigenvalue weighted by Crippen LogP contribution is 2.06. The molecule has 2 atom stereocenters. The van der Waals surface area contributed by atoms with Crippen molar-refractivity contribution in [1.82, 2.24) is 0 Å². The first-order chi connectivity index (χ1) is 3.66. The molecule has 3 nitrogen and oxygen atoms in total. The molecule has 0 saturated heterocycles. The highest BCUT2D eigenvalue weighted by atomic mass is 79.9. The van der Waals surface area contributed by atoms with E-state index in [2.05, 4.69) is 20.1 Å². The molecule has 0 rings (SSSR count). The highest BCUT2D eigenvalue weighted by molar-refractivity contribution is 9.09. The number of alkyl halides is 1. The molecule has 50 valence electrons. The quantitative estimate of drug-likeness (QED) is 0.555. The Bertz CT molecular complexity index is 86.6. The number of hydrogen-bond acceptors (Lipinski definition) is 2. The molecule has 0 aliphatic carbocycles. The second kappa shape index (κ2) is 4.43. The van der Waals surface area contributed by atoms with E-state index in [1.807, 2.05) is 6.92 Å². The van der Waals surface area contributed by atoms with Crippen molar-refractivity contribution in [3.8, 4) is 0 Å². The van der Waals surface area contributed by atoms with Gasteiger partial charge in [-0.1, -0.05) is 22.9 Å². The molecule has 0 radical (unpaired) electrons. The molecular weight excluding hydrogens is 196 g/mol. The minimum absolute atomic E-state index is 0.312. The molecule has 0 aromatic rings. The lowest BCUT2D eigenvalue weighted by Crippen LogP contribution is -2.03. The molecule has 0 amide bonds. The summed E-state index contributed by atoms with van der Waals surface area (Å²) in [5.74, 6) is 0. The summed E-state index contributed by atoms with van der Waals surface area (Å²) >= 11 is 0.860. The zero-order valence-corrected chi connectivity index (χ0v) is 6.74. The van der Waals surface area contributed by atoms with Gasteiger partial charge in [0.25, 0.3) is 0 Å². The molecule has 0 saturated carbocycles. The molecule has 5 heteroatoms. The maximum absolute atomic E-state index is 9.83. The van der Waals surface area contributed by atoms with E-state index < -0.39 is 11.4 Å². The third-order valence-corrected chi connectivity index (χ3v) is 1.99. The fraction of sp³-hybridized carbons (Fsp3) is 1.00. The van der Waals surface area contributed by atoms with E-state index in [0.29, 0.717) is 6.42 Å². The van der Waals surface area contributed by atoms with Crippen molar-refractivity contribution in [2.75, 3.05) is 0 Å². The van der Waals surface area contributed by atoms with E-state index in [9.17, 15) is 4.21 Å². The topological polar surface area (TPSA) is 46.5 Å². The summed E-state index contributed by atoms with van der Waals surface area (Å²) in [5, 5.41) is -0.312. The summed E-state index contributed by atoms with van der Waals surface area (Å²) in [6, 6.07) is 0. The summed E-state index contributed by atoms with van der Waals surface area (Å²) in [4.78, 5) is 0. The zero-order chi connectivity index (χ0) is 6.57. The average molecular weight is 203 g/mol. The van der Waals surface area contributed by atoms with Crippen LogP contribution in [-0.4, -0.2) is 13.8 Å². The molecule has 0 fully saturated rings. The van der Waals surface area contributed by atoms with Crippen LogP contribution in [0, 0.1) is 0 Å². The second-order valence-corrected chi connectivity index (χ2v) is 2.78. The fourth-order valence-electron chi connectivity index (χ4n) is 0.157. The van der Waals surface area contributed by atoms with Gasteiger partial charge in [0, 0.05) is 0 Å². The van der Waals surface area contributed by atoms with Gasteiger partial charge in [0.05, 0.1) is 0 Å². The lowest BCUT2D eigenvalue weighted by atomic mass is 10.5. The van der Waals surface area contributed by atoms with E-state index >= 15 is 0 Å². The van der Waals surface area contributed by atoms with Gasteiger partial charge in [0.1, 0.15) is 5.01 Å². The van der Waals surface area contributed by atoms with Crippen molar-refractivity contribution in [1.29, 1.82) is 0 Å². The van der Waals surface area contributed by atoms with Gasteiger partial charge in [-0.3, -0.25) is 8.74 Å². The van der Waals surface area contributed by atoms with Gasteiger partial charge >= 0.3 is 11.4 Å². The maximum Gasteiger partial charge on any atom is 0.303 e. The first kappa shape index (κ1) is 8.55. The van der Waals surface area contributed by atoms with E-state index in [4.69, 9.17) is 4.55 Å². The van der Waals surface area contributed by atoms with Crippen molar-refractivity contribution in [2.24, 2.45) is 0 Å². The molecule has 0 heterocycles. The Morgan fingerprint density at radius 1 is 2.00 bits per heavy atom. The predicted octanol–water partition coefficient (Wildman–Crippen LogP) is 1.27. The predicted molar refractivity (Wildman–Crippen MR) is 34.9 cm³/mol. The number of hydrogen-bond donors (Lipinski definition) is 1. The molecule has 8 heavy (non-hydrogen) atoms. The van der Waals surface area contributed by atoms with Gasteiger partial charge in [-0.15, -0.1) is 0 Å². The lowest BCUT2D eigenvalue weighted by molar-refractivity contribution is 0.284. The van der Waals surface area contributed by atoms with Crippen LogP contribution in [0.5, 0.6) is 0 Å². The molecular formula is C3H7BrO3S. The van der Waals surface area contributed by atoms with Crippen LogP contribution in [0.15, 0.2) is 0 Å². The number of rotatable bonds is 3. The van der Waals surface area contributed by atoms with Crippen LogP contribution in [0.3, 0.4) is 0 Å². The third-order valence-electron chi connectivity index (χ3n) is 0.508. The summed E-state index contributed by atoms with van der Waals surface area (Å²) in [6.45, 7) is 1.84. The Balaban J connectivity index is 3.24. The van der Waals surface area contributed by atoms with E-state index in [-0.39, 0.29) is 5.01 Å². The summed E-state index contributed by atoms with van der Waals surface area (Å²) in [7, 11) is 0. The van der Waals surface area contributed by atoms with Crippen LogP contribution in [0.25, 0.3) is 0 Å². The van der Waals surface area contributed by atoms with Gasteiger partial charge in [0.2, 0.25) is 0 Å².